The zero-order chi connectivity index (χ0) is 21.7. The zero-order valence-electron chi connectivity index (χ0n) is 18.8. The van der Waals surface area contributed by atoms with Gasteiger partial charge in [-0.15, -0.1) is 0 Å². The number of rotatable bonds is 7. The van der Waals surface area contributed by atoms with Gasteiger partial charge in [0.2, 0.25) is 0 Å². The molecule has 4 bridgehead atoms. The van der Waals surface area contributed by atoms with E-state index >= 15 is 0 Å². The van der Waals surface area contributed by atoms with Gasteiger partial charge in [-0.05, 0) is 79.0 Å². The van der Waals surface area contributed by atoms with Crippen LogP contribution in [-0.4, -0.2) is 17.6 Å². The van der Waals surface area contributed by atoms with Crippen molar-refractivity contribution in [2.75, 3.05) is 7.11 Å². The lowest BCUT2D eigenvalue weighted by Crippen LogP contribution is -2.63. The molecule has 2 atom stereocenters. The van der Waals surface area contributed by atoms with Crippen LogP contribution >= 0.6 is 11.6 Å². The van der Waals surface area contributed by atoms with Gasteiger partial charge < -0.3 is 14.8 Å². The van der Waals surface area contributed by atoms with Crippen LogP contribution in [0.5, 0.6) is 11.5 Å². The van der Waals surface area contributed by atoms with Crippen LogP contribution < -0.4 is 14.8 Å². The van der Waals surface area contributed by atoms with Crippen LogP contribution in [0.25, 0.3) is 0 Å². The van der Waals surface area contributed by atoms with E-state index in [-0.39, 0.29) is 0 Å². The lowest BCUT2D eigenvalue weighted by molar-refractivity contribution is -0.118. The molecule has 0 amide bonds. The lowest BCUT2D eigenvalue weighted by atomic mass is 9.43. The summed E-state index contributed by atoms with van der Waals surface area (Å²) in [5.41, 5.74) is 3.55. The van der Waals surface area contributed by atoms with Gasteiger partial charge in [-0.3, -0.25) is 0 Å². The van der Waals surface area contributed by atoms with Gasteiger partial charge in [0.05, 0.1) is 7.11 Å². The summed E-state index contributed by atoms with van der Waals surface area (Å²) in [5, 5.41) is 4.50. The number of nitrogens with zero attached hydrogens (tertiary/aromatic N) is 1. The van der Waals surface area contributed by atoms with E-state index in [9.17, 15) is 0 Å². The molecule has 0 radical (unpaired) electrons. The summed E-state index contributed by atoms with van der Waals surface area (Å²) in [6.45, 7) is 6.35. The molecule has 4 fully saturated rings. The van der Waals surface area contributed by atoms with Crippen LogP contribution in [0.4, 0.5) is 0 Å². The molecule has 6 rings (SSSR count). The highest BCUT2D eigenvalue weighted by Crippen LogP contribution is 2.66. The normalized spacial score (nSPS) is 33.5. The second kappa shape index (κ2) is 7.67. The Kier molecular flexibility index (Phi) is 5.22. The van der Waals surface area contributed by atoms with Gasteiger partial charge in [0.1, 0.15) is 11.8 Å². The van der Waals surface area contributed by atoms with Gasteiger partial charge in [0.15, 0.2) is 11.5 Å². The zero-order valence-corrected chi connectivity index (χ0v) is 19.6. The third-order valence-corrected chi connectivity index (χ3v) is 7.93. The summed E-state index contributed by atoms with van der Waals surface area (Å²) in [7, 11) is 1.70. The van der Waals surface area contributed by atoms with Crippen molar-refractivity contribution in [1.29, 1.82) is 0 Å². The molecule has 2 aromatic rings. The number of ether oxygens (including phenoxy) is 2. The molecular weight excluding hydrogens is 408 g/mol. The number of hydrogen-bond donors (Lipinski definition) is 1. The highest BCUT2D eigenvalue weighted by Gasteiger charge is 2.59. The summed E-state index contributed by atoms with van der Waals surface area (Å²) < 4.78 is 11.6. The second-order valence-corrected chi connectivity index (χ2v) is 11.4. The number of nitrogens with one attached hydrogen (secondary N) is 1. The molecule has 4 aliphatic carbocycles. The average molecular weight is 441 g/mol. The first kappa shape index (κ1) is 21.1. The Morgan fingerprint density at radius 1 is 1.00 bits per heavy atom. The van der Waals surface area contributed by atoms with Crippen molar-refractivity contribution in [3.63, 3.8) is 0 Å². The number of benzene rings is 1. The van der Waals surface area contributed by atoms with Crippen LogP contribution in [0.15, 0.2) is 36.5 Å². The SMILES string of the molecule is COc1cc(CNC23CC4CC(C)(CC(C)(C4)C2)C3)ccc1OCc1ccc(Cl)nc1. The molecule has 31 heavy (non-hydrogen) atoms. The number of aromatic nitrogens is 1. The minimum absolute atomic E-state index is 0.299. The van der Waals surface area contributed by atoms with E-state index in [1.54, 1.807) is 19.4 Å². The smallest absolute Gasteiger partial charge is 0.161 e. The molecule has 4 saturated carbocycles. The van der Waals surface area contributed by atoms with Crippen LogP contribution in [0.2, 0.25) is 5.15 Å². The molecule has 0 aliphatic heterocycles. The molecule has 0 spiro atoms. The first-order chi connectivity index (χ1) is 14.8. The number of pyridine rings is 1. The molecular formula is C26H33ClN2O2. The van der Waals surface area contributed by atoms with E-state index in [0.717, 1.165) is 29.5 Å². The Hall–Kier alpha value is -1.78. The third-order valence-electron chi connectivity index (χ3n) is 7.70. The monoisotopic (exact) mass is 440 g/mol. The van der Waals surface area contributed by atoms with Crippen LogP contribution in [0.1, 0.15) is 63.5 Å². The Morgan fingerprint density at radius 3 is 2.39 bits per heavy atom. The second-order valence-electron chi connectivity index (χ2n) is 11.0. The number of methoxy groups -OCH3 is 1. The van der Waals surface area contributed by atoms with Gasteiger partial charge in [-0.1, -0.05) is 37.6 Å². The van der Waals surface area contributed by atoms with Crippen molar-refractivity contribution in [1.82, 2.24) is 10.3 Å². The highest BCUT2D eigenvalue weighted by atomic mass is 35.5. The average Bonchev–Trinajstić information content (AvgIpc) is 2.69. The Bertz CT molecular complexity index is 942. The predicted molar refractivity (Wildman–Crippen MR) is 124 cm³/mol. The third kappa shape index (κ3) is 4.29. The quantitative estimate of drug-likeness (QED) is 0.523. The fourth-order valence-corrected chi connectivity index (χ4v) is 7.64. The lowest BCUT2D eigenvalue weighted by Gasteiger charge is -2.65. The van der Waals surface area contributed by atoms with Crippen molar-refractivity contribution in [2.24, 2.45) is 16.7 Å². The molecule has 1 aromatic carbocycles. The van der Waals surface area contributed by atoms with Crippen molar-refractivity contribution >= 4 is 11.6 Å². The molecule has 1 N–H and O–H groups in total. The first-order valence-corrected chi connectivity index (χ1v) is 11.8. The molecule has 0 saturated heterocycles. The van der Waals surface area contributed by atoms with Gasteiger partial charge >= 0.3 is 0 Å². The van der Waals surface area contributed by atoms with E-state index in [1.165, 1.54) is 44.1 Å². The van der Waals surface area contributed by atoms with Crippen molar-refractivity contribution in [3.8, 4) is 11.5 Å². The number of hydrogen-bond acceptors (Lipinski definition) is 4. The Labute approximate surface area is 190 Å². The molecule has 5 heteroatoms. The van der Waals surface area contributed by atoms with Crippen LogP contribution in [0.3, 0.4) is 0 Å². The standard InChI is InChI=1S/C26H33ClN2O2/c1-24-9-20-10-25(2,15-24)17-26(11-20,16-24)29-13-18-4-6-21(22(8-18)30-3)31-14-19-5-7-23(27)28-12-19/h4-8,12,20,29H,9-11,13-17H2,1-3H3. The summed E-state index contributed by atoms with van der Waals surface area (Å²) >= 11 is 5.86. The summed E-state index contributed by atoms with van der Waals surface area (Å²) in [5.74, 6) is 2.41. The topological polar surface area (TPSA) is 43.4 Å². The van der Waals surface area contributed by atoms with Crippen LogP contribution in [0, 0.1) is 16.7 Å². The minimum Gasteiger partial charge on any atom is -0.493 e. The van der Waals surface area contributed by atoms with Crippen LogP contribution in [-0.2, 0) is 13.2 Å². The highest BCUT2D eigenvalue weighted by molar-refractivity contribution is 6.29. The van der Waals surface area contributed by atoms with Gasteiger partial charge in [-0.25, -0.2) is 4.98 Å². The summed E-state index contributed by atoms with van der Waals surface area (Å²) in [6, 6.07) is 9.97. The van der Waals surface area contributed by atoms with E-state index in [2.05, 4.69) is 36.3 Å². The molecule has 2 unspecified atom stereocenters. The van der Waals surface area contributed by atoms with Crippen molar-refractivity contribution in [2.45, 2.75) is 71.1 Å². The maximum absolute atomic E-state index is 5.99. The van der Waals surface area contributed by atoms with Gasteiger partial charge in [-0.2, -0.15) is 0 Å². The van der Waals surface area contributed by atoms with Gasteiger partial charge in [0.25, 0.3) is 0 Å². The fourth-order valence-electron chi connectivity index (χ4n) is 7.53. The molecule has 166 valence electrons. The molecule has 1 aromatic heterocycles. The van der Waals surface area contributed by atoms with Crippen molar-refractivity contribution in [3.05, 3.63) is 52.8 Å². The van der Waals surface area contributed by atoms with E-state index in [0.29, 0.717) is 28.1 Å². The van der Waals surface area contributed by atoms with E-state index in [1.807, 2.05) is 12.1 Å². The number of halogens is 1. The summed E-state index contributed by atoms with van der Waals surface area (Å²) in [4.78, 5) is 4.11. The van der Waals surface area contributed by atoms with Gasteiger partial charge in [0, 0.05) is 23.8 Å². The predicted octanol–water partition coefficient (Wildman–Crippen LogP) is 6.16. The Balaban J connectivity index is 1.26. The molecule has 4 nitrogen and oxygen atoms in total. The Morgan fingerprint density at radius 2 is 1.74 bits per heavy atom. The first-order valence-electron chi connectivity index (χ1n) is 11.4. The molecule has 1 heterocycles. The summed E-state index contributed by atoms with van der Waals surface area (Å²) in [6.07, 6.45) is 9.97. The van der Waals surface area contributed by atoms with Crippen molar-refractivity contribution < 1.29 is 9.47 Å². The minimum atomic E-state index is 0.299. The fraction of sp³-hybridized carbons (Fsp3) is 0.577. The maximum Gasteiger partial charge on any atom is 0.161 e. The van der Waals surface area contributed by atoms with E-state index < -0.39 is 0 Å². The van der Waals surface area contributed by atoms with E-state index in [4.69, 9.17) is 21.1 Å². The largest absolute Gasteiger partial charge is 0.493 e. The molecule has 4 aliphatic rings. The maximum atomic E-state index is 5.99.